The first-order valence-corrected chi connectivity index (χ1v) is 6.21. The number of hydrogen-bond donors (Lipinski definition) is 0. The minimum absolute atomic E-state index is 0.458. The lowest BCUT2D eigenvalue weighted by Crippen LogP contribution is -2.28. The molecule has 0 aromatic carbocycles. The summed E-state index contributed by atoms with van der Waals surface area (Å²) in [5, 5.41) is 0. The Balaban J connectivity index is 1.83. The van der Waals surface area contributed by atoms with E-state index in [-0.39, 0.29) is 0 Å². The van der Waals surface area contributed by atoms with E-state index in [4.69, 9.17) is 0 Å². The molecule has 0 aromatic heterocycles. The van der Waals surface area contributed by atoms with Gasteiger partial charge in [-0.3, -0.25) is 0 Å². The van der Waals surface area contributed by atoms with Gasteiger partial charge in [-0.15, -0.1) is 0 Å². The highest BCUT2D eigenvalue weighted by Gasteiger charge is 2.57. The average molecular weight is 190 g/mol. The van der Waals surface area contributed by atoms with Crippen LogP contribution in [0.4, 0.5) is 0 Å². The maximum atomic E-state index is 4.38. The summed E-state index contributed by atoms with van der Waals surface area (Å²) >= 11 is 0. The highest BCUT2D eigenvalue weighted by atomic mass is 14.6. The van der Waals surface area contributed by atoms with Gasteiger partial charge in [-0.25, -0.2) is 0 Å². The molecule has 3 aliphatic rings. The van der Waals surface area contributed by atoms with Crippen molar-refractivity contribution in [2.45, 2.75) is 40.0 Å². The smallest absolute Gasteiger partial charge is 0.0116 e. The fourth-order valence-corrected chi connectivity index (χ4v) is 4.22. The minimum atomic E-state index is 0.458. The van der Waals surface area contributed by atoms with Gasteiger partial charge < -0.3 is 0 Å². The van der Waals surface area contributed by atoms with E-state index in [1.165, 1.54) is 19.3 Å². The second-order valence-corrected chi connectivity index (χ2v) is 6.56. The summed E-state index contributed by atoms with van der Waals surface area (Å²) in [6.07, 6.45) is 4.47. The van der Waals surface area contributed by atoms with Crippen molar-refractivity contribution in [1.29, 1.82) is 0 Å². The van der Waals surface area contributed by atoms with Crippen molar-refractivity contribution in [3.8, 4) is 0 Å². The van der Waals surface area contributed by atoms with Crippen molar-refractivity contribution in [3.63, 3.8) is 0 Å². The molecule has 0 heteroatoms. The van der Waals surface area contributed by atoms with Gasteiger partial charge in [-0.1, -0.05) is 32.9 Å². The molecule has 0 N–H and O–H groups in total. The van der Waals surface area contributed by atoms with Crippen LogP contribution >= 0.6 is 0 Å². The highest BCUT2D eigenvalue weighted by Crippen LogP contribution is 2.66. The fourth-order valence-electron chi connectivity index (χ4n) is 4.22. The van der Waals surface area contributed by atoms with Crippen molar-refractivity contribution >= 4 is 0 Å². The predicted molar refractivity (Wildman–Crippen MR) is 59.9 cm³/mol. The standard InChI is InChI=1S/C14H22/c1-8-5-11(8)13-7-10-6-12(13)9(2)14(10,3)4/h8,10-13H,2,5-7H2,1,3-4H3. The van der Waals surface area contributed by atoms with Crippen LogP contribution in [0, 0.1) is 35.0 Å². The molecular formula is C14H22. The molecule has 0 saturated heterocycles. The van der Waals surface area contributed by atoms with Gasteiger partial charge in [0.2, 0.25) is 0 Å². The molecule has 0 heterocycles. The Bertz CT molecular complexity index is 286. The lowest BCUT2D eigenvalue weighted by molar-refractivity contribution is 0.228. The van der Waals surface area contributed by atoms with Gasteiger partial charge in [0.1, 0.15) is 0 Å². The van der Waals surface area contributed by atoms with Gasteiger partial charge >= 0.3 is 0 Å². The lowest BCUT2D eigenvalue weighted by atomic mass is 9.68. The van der Waals surface area contributed by atoms with E-state index in [0.717, 1.165) is 29.6 Å². The molecule has 0 aromatic rings. The van der Waals surface area contributed by atoms with Crippen LogP contribution in [0.5, 0.6) is 0 Å². The highest BCUT2D eigenvalue weighted by molar-refractivity contribution is 5.26. The van der Waals surface area contributed by atoms with Gasteiger partial charge in [0.05, 0.1) is 0 Å². The molecule has 3 aliphatic carbocycles. The van der Waals surface area contributed by atoms with Gasteiger partial charge in [0.15, 0.2) is 0 Å². The van der Waals surface area contributed by atoms with Crippen LogP contribution in [0.1, 0.15) is 40.0 Å². The summed E-state index contributed by atoms with van der Waals surface area (Å²) in [5.41, 5.74) is 2.04. The molecule has 3 fully saturated rings. The Morgan fingerprint density at radius 1 is 1.14 bits per heavy atom. The first-order chi connectivity index (χ1) is 6.51. The van der Waals surface area contributed by atoms with Gasteiger partial charge in [-0.2, -0.15) is 0 Å². The Morgan fingerprint density at radius 2 is 1.79 bits per heavy atom. The SMILES string of the molecule is C=C1C2CC(CC2C2CC2C)C1(C)C. The summed E-state index contributed by atoms with van der Waals surface area (Å²) in [4.78, 5) is 0. The summed E-state index contributed by atoms with van der Waals surface area (Å²) in [5.74, 6) is 4.96. The second kappa shape index (κ2) is 2.46. The zero-order chi connectivity index (χ0) is 10.1. The molecule has 5 unspecified atom stereocenters. The molecule has 0 radical (unpaired) electrons. The zero-order valence-corrected chi connectivity index (χ0v) is 9.72. The minimum Gasteiger partial charge on any atom is -0.0990 e. The van der Waals surface area contributed by atoms with Crippen LogP contribution in [0.25, 0.3) is 0 Å². The number of hydrogen-bond acceptors (Lipinski definition) is 0. The van der Waals surface area contributed by atoms with Gasteiger partial charge in [-0.05, 0) is 54.3 Å². The van der Waals surface area contributed by atoms with E-state index in [0.29, 0.717) is 5.41 Å². The van der Waals surface area contributed by atoms with Crippen molar-refractivity contribution in [2.24, 2.45) is 35.0 Å². The second-order valence-electron chi connectivity index (χ2n) is 6.56. The van der Waals surface area contributed by atoms with Crippen molar-refractivity contribution < 1.29 is 0 Å². The normalized spacial score (nSPS) is 53.9. The van der Waals surface area contributed by atoms with Crippen molar-refractivity contribution in [1.82, 2.24) is 0 Å². The summed E-state index contributed by atoms with van der Waals surface area (Å²) in [6, 6.07) is 0. The van der Waals surface area contributed by atoms with Gasteiger partial charge in [0.25, 0.3) is 0 Å². The fraction of sp³-hybridized carbons (Fsp3) is 0.857. The predicted octanol–water partition coefficient (Wildman–Crippen LogP) is 3.88. The first kappa shape index (κ1) is 9.00. The maximum Gasteiger partial charge on any atom is -0.0116 e. The third-order valence-corrected chi connectivity index (χ3v) is 5.63. The first-order valence-electron chi connectivity index (χ1n) is 6.21. The van der Waals surface area contributed by atoms with Crippen LogP contribution in [-0.2, 0) is 0 Å². The molecule has 78 valence electrons. The largest absolute Gasteiger partial charge is 0.0990 e. The average Bonchev–Trinajstić information content (AvgIpc) is 2.60. The molecule has 14 heavy (non-hydrogen) atoms. The summed E-state index contributed by atoms with van der Waals surface area (Å²) in [6.45, 7) is 11.6. The van der Waals surface area contributed by atoms with E-state index < -0.39 is 0 Å². The number of rotatable bonds is 1. The molecule has 5 atom stereocenters. The summed E-state index contributed by atoms with van der Waals surface area (Å²) < 4.78 is 0. The molecule has 3 saturated carbocycles. The van der Waals surface area contributed by atoms with E-state index >= 15 is 0 Å². The third kappa shape index (κ3) is 0.951. The van der Waals surface area contributed by atoms with Crippen LogP contribution in [0.2, 0.25) is 0 Å². The molecule has 0 spiro atoms. The van der Waals surface area contributed by atoms with E-state index in [2.05, 4.69) is 27.4 Å². The zero-order valence-electron chi connectivity index (χ0n) is 9.72. The molecule has 3 rings (SSSR count). The Labute approximate surface area is 87.8 Å². The molecule has 2 bridgehead atoms. The maximum absolute atomic E-state index is 4.38. The Hall–Kier alpha value is -0.260. The lowest BCUT2D eigenvalue weighted by Gasteiger charge is -2.36. The Kier molecular flexibility index (Phi) is 1.58. The van der Waals surface area contributed by atoms with E-state index in [9.17, 15) is 0 Å². The van der Waals surface area contributed by atoms with Crippen LogP contribution in [-0.4, -0.2) is 0 Å². The Morgan fingerprint density at radius 3 is 2.21 bits per heavy atom. The van der Waals surface area contributed by atoms with Crippen molar-refractivity contribution in [2.75, 3.05) is 0 Å². The monoisotopic (exact) mass is 190 g/mol. The van der Waals surface area contributed by atoms with Crippen LogP contribution in [0.3, 0.4) is 0 Å². The number of fused-ring (bicyclic) bond motifs is 2. The topological polar surface area (TPSA) is 0 Å². The number of allylic oxidation sites excluding steroid dienone is 1. The van der Waals surface area contributed by atoms with E-state index in [1.807, 2.05) is 0 Å². The quantitative estimate of drug-likeness (QED) is 0.550. The van der Waals surface area contributed by atoms with Crippen LogP contribution < -0.4 is 0 Å². The van der Waals surface area contributed by atoms with Gasteiger partial charge in [0, 0.05) is 0 Å². The molecular weight excluding hydrogens is 168 g/mol. The van der Waals surface area contributed by atoms with Crippen molar-refractivity contribution in [3.05, 3.63) is 12.2 Å². The van der Waals surface area contributed by atoms with E-state index in [1.54, 1.807) is 5.57 Å². The summed E-state index contributed by atoms with van der Waals surface area (Å²) in [7, 11) is 0. The molecule has 0 aliphatic heterocycles. The van der Waals surface area contributed by atoms with Crippen LogP contribution in [0.15, 0.2) is 12.2 Å². The molecule has 0 nitrogen and oxygen atoms in total. The third-order valence-electron chi connectivity index (χ3n) is 5.63. The molecule has 0 amide bonds.